The van der Waals surface area contributed by atoms with Gasteiger partial charge in [0.2, 0.25) is 0 Å². The monoisotopic (exact) mass is 528 g/mol. The molecule has 0 bridgehead atoms. The first-order valence-corrected chi connectivity index (χ1v) is 15.3. The molecule has 0 saturated carbocycles. The Morgan fingerprint density at radius 3 is 1.07 bits per heavy atom. The minimum absolute atomic E-state index is 1.03. The molecule has 0 aliphatic heterocycles. The highest BCUT2D eigenvalue weighted by Crippen LogP contribution is 2.32. The highest BCUT2D eigenvalue weighted by atomic mass is 15.1. The molecule has 40 heavy (non-hydrogen) atoms. The Bertz CT molecular complexity index is 1420. The van der Waals surface area contributed by atoms with E-state index in [9.17, 15) is 0 Å². The molecule has 5 aromatic carbocycles. The Labute approximate surface area is 241 Å². The molecule has 2 heteroatoms. The van der Waals surface area contributed by atoms with E-state index in [1.807, 2.05) is 0 Å². The van der Waals surface area contributed by atoms with E-state index in [-0.39, 0.29) is 0 Å². The standard InChI is InChI=1S/C38H44N2/c1-5-39(6-2)37-27-25-31(33-13-9-11-15-35(33)37)23-21-29-17-19-30(20-18-29)22-24-32-26-28-38(40(7-3)8-4)36-16-12-10-14-34(32)36/h9-20,25-28H,5-8,21-24H2,1-4H3. The Morgan fingerprint density at radius 1 is 0.375 bits per heavy atom. The average Bonchev–Trinajstić information content (AvgIpc) is 3.01. The van der Waals surface area contributed by atoms with Crippen LogP contribution in [0.3, 0.4) is 0 Å². The third-order valence-corrected chi connectivity index (χ3v) is 8.58. The molecule has 0 amide bonds. The van der Waals surface area contributed by atoms with Crippen molar-refractivity contribution in [2.24, 2.45) is 0 Å². The van der Waals surface area contributed by atoms with E-state index in [1.165, 1.54) is 55.2 Å². The summed E-state index contributed by atoms with van der Waals surface area (Å²) in [6, 6.07) is 36.5. The topological polar surface area (TPSA) is 6.48 Å². The summed E-state index contributed by atoms with van der Waals surface area (Å²) >= 11 is 0. The molecule has 0 atom stereocenters. The first-order valence-electron chi connectivity index (χ1n) is 15.3. The molecule has 5 aromatic rings. The van der Waals surface area contributed by atoms with Crippen molar-refractivity contribution in [2.45, 2.75) is 53.4 Å². The third-order valence-electron chi connectivity index (χ3n) is 8.58. The van der Waals surface area contributed by atoms with E-state index in [4.69, 9.17) is 0 Å². The van der Waals surface area contributed by atoms with Gasteiger partial charge in [0.05, 0.1) is 0 Å². The van der Waals surface area contributed by atoms with Crippen molar-refractivity contribution in [3.8, 4) is 0 Å². The minimum atomic E-state index is 1.03. The van der Waals surface area contributed by atoms with Gasteiger partial charge in [0.1, 0.15) is 0 Å². The van der Waals surface area contributed by atoms with Crippen LogP contribution in [0.15, 0.2) is 97.1 Å². The number of fused-ring (bicyclic) bond motifs is 2. The van der Waals surface area contributed by atoms with Crippen molar-refractivity contribution in [3.63, 3.8) is 0 Å². The van der Waals surface area contributed by atoms with Crippen molar-refractivity contribution in [3.05, 3.63) is 119 Å². The second-order valence-corrected chi connectivity index (χ2v) is 10.7. The fourth-order valence-electron chi connectivity index (χ4n) is 6.24. The normalized spacial score (nSPS) is 11.3. The van der Waals surface area contributed by atoms with E-state index in [2.05, 4.69) is 135 Å². The first kappa shape index (κ1) is 27.8. The summed E-state index contributed by atoms with van der Waals surface area (Å²) in [5.41, 5.74) is 8.41. The van der Waals surface area contributed by atoms with E-state index < -0.39 is 0 Å². The van der Waals surface area contributed by atoms with Crippen LogP contribution in [0.25, 0.3) is 21.5 Å². The minimum Gasteiger partial charge on any atom is -0.372 e. The molecular formula is C38H44N2. The predicted octanol–water partition coefficient (Wildman–Crippen LogP) is 9.26. The molecule has 0 aliphatic carbocycles. The Balaban J connectivity index is 1.26. The van der Waals surface area contributed by atoms with Gasteiger partial charge in [-0.2, -0.15) is 0 Å². The summed E-state index contributed by atoms with van der Waals surface area (Å²) in [4.78, 5) is 4.90. The summed E-state index contributed by atoms with van der Waals surface area (Å²) in [7, 11) is 0. The Hall–Kier alpha value is -3.78. The van der Waals surface area contributed by atoms with Crippen molar-refractivity contribution in [1.82, 2.24) is 0 Å². The SMILES string of the molecule is CCN(CC)c1ccc(CCc2ccc(CCc3ccc(N(CC)CC)c4ccccc34)cc2)c2ccccc12. The quantitative estimate of drug-likeness (QED) is 0.159. The molecule has 5 rings (SSSR count). The van der Waals surface area contributed by atoms with Crippen LogP contribution >= 0.6 is 0 Å². The Kier molecular flexibility index (Phi) is 9.06. The van der Waals surface area contributed by atoms with Gasteiger partial charge in [0, 0.05) is 48.3 Å². The number of hydrogen-bond donors (Lipinski definition) is 0. The molecule has 0 spiro atoms. The van der Waals surface area contributed by atoms with Crippen LogP contribution in [0.2, 0.25) is 0 Å². The fourth-order valence-corrected chi connectivity index (χ4v) is 6.24. The molecule has 0 aliphatic rings. The lowest BCUT2D eigenvalue weighted by Crippen LogP contribution is -2.22. The first-order chi connectivity index (χ1) is 19.7. The zero-order valence-corrected chi connectivity index (χ0v) is 24.8. The molecule has 0 saturated heterocycles. The second-order valence-electron chi connectivity index (χ2n) is 10.7. The van der Waals surface area contributed by atoms with E-state index in [1.54, 1.807) is 0 Å². The maximum absolute atomic E-state index is 2.45. The largest absolute Gasteiger partial charge is 0.372 e. The molecule has 206 valence electrons. The molecule has 0 aromatic heterocycles. The smallest absolute Gasteiger partial charge is 0.0445 e. The maximum atomic E-state index is 2.45. The highest BCUT2D eigenvalue weighted by Gasteiger charge is 2.12. The zero-order valence-electron chi connectivity index (χ0n) is 24.8. The van der Waals surface area contributed by atoms with Gasteiger partial charge < -0.3 is 9.80 Å². The lowest BCUT2D eigenvalue weighted by Gasteiger charge is -2.24. The van der Waals surface area contributed by atoms with Gasteiger partial charge in [0.15, 0.2) is 0 Å². The summed E-state index contributed by atoms with van der Waals surface area (Å²) in [5, 5.41) is 5.53. The molecule has 0 fully saturated rings. The fraction of sp³-hybridized carbons (Fsp3) is 0.316. The molecular weight excluding hydrogens is 484 g/mol. The van der Waals surface area contributed by atoms with Crippen LogP contribution in [0.5, 0.6) is 0 Å². The molecule has 0 N–H and O–H groups in total. The van der Waals surface area contributed by atoms with Crippen LogP contribution in [0.4, 0.5) is 11.4 Å². The number of aryl methyl sites for hydroxylation is 4. The van der Waals surface area contributed by atoms with Gasteiger partial charge in [-0.15, -0.1) is 0 Å². The number of anilines is 2. The number of nitrogens with zero attached hydrogens (tertiary/aromatic N) is 2. The Morgan fingerprint density at radius 2 is 0.725 bits per heavy atom. The lowest BCUT2D eigenvalue weighted by atomic mass is 9.95. The van der Waals surface area contributed by atoms with Gasteiger partial charge in [-0.3, -0.25) is 0 Å². The van der Waals surface area contributed by atoms with E-state index in [0.29, 0.717) is 0 Å². The third kappa shape index (κ3) is 5.87. The van der Waals surface area contributed by atoms with Crippen molar-refractivity contribution in [2.75, 3.05) is 36.0 Å². The lowest BCUT2D eigenvalue weighted by molar-refractivity contribution is 0.869. The van der Waals surface area contributed by atoms with Gasteiger partial charge in [-0.05, 0) is 98.5 Å². The molecule has 2 nitrogen and oxygen atoms in total. The van der Waals surface area contributed by atoms with Gasteiger partial charge in [-0.1, -0.05) is 84.9 Å². The summed E-state index contributed by atoms with van der Waals surface area (Å²) < 4.78 is 0. The summed E-state index contributed by atoms with van der Waals surface area (Å²) in [6.45, 7) is 13.1. The number of hydrogen-bond acceptors (Lipinski definition) is 2. The molecule has 0 unspecified atom stereocenters. The second kappa shape index (κ2) is 13.0. The van der Waals surface area contributed by atoms with Crippen LogP contribution in [-0.4, -0.2) is 26.2 Å². The molecule has 0 heterocycles. The van der Waals surface area contributed by atoms with E-state index in [0.717, 1.165) is 51.9 Å². The van der Waals surface area contributed by atoms with Gasteiger partial charge in [-0.25, -0.2) is 0 Å². The van der Waals surface area contributed by atoms with Gasteiger partial charge in [0.25, 0.3) is 0 Å². The van der Waals surface area contributed by atoms with E-state index >= 15 is 0 Å². The zero-order chi connectivity index (χ0) is 27.9. The predicted molar refractivity (Wildman–Crippen MR) is 176 cm³/mol. The number of benzene rings is 5. The van der Waals surface area contributed by atoms with Crippen molar-refractivity contribution >= 4 is 32.9 Å². The number of rotatable bonds is 12. The average molecular weight is 529 g/mol. The summed E-state index contributed by atoms with van der Waals surface area (Å²) in [6.07, 6.45) is 4.24. The molecule has 0 radical (unpaired) electrons. The maximum Gasteiger partial charge on any atom is 0.0445 e. The van der Waals surface area contributed by atoms with Crippen LogP contribution < -0.4 is 9.80 Å². The van der Waals surface area contributed by atoms with Crippen molar-refractivity contribution < 1.29 is 0 Å². The highest BCUT2D eigenvalue weighted by molar-refractivity contribution is 5.97. The van der Waals surface area contributed by atoms with Crippen molar-refractivity contribution in [1.29, 1.82) is 0 Å². The van der Waals surface area contributed by atoms with Crippen LogP contribution in [0, 0.1) is 0 Å². The van der Waals surface area contributed by atoms with Crippen LogP contribution in [-0.2, 0) is 25.7 Å². The summed E-state index contributed by atoms with van der Waals surface area (Å²) in [5.74, 6) is 0. The van der Waals surface area contributed by atoms with Gasteiger partial charge >= 0.3 is 0 Å². The van der Waals surface area contributed by atoms with Crippen LogP contribution in [0.1, 0.15) is 49.9 Å².